The first-order valence-electron chi connectivity index (χ1n) is 10.3. The van der Waals surface area contributed by atoms with Gasteiger partial charge in [-0.2, -0.15) is 0 Å². The molecule has 0 unspecified atom stereocenters. The molecule has 154 valence electrons. The summed E-state index contributed by atoms with van der Waals surface area (Å²) in [5.74, 6) is 2.51. The van der Waals surface area contributed by atoms with Gasteiger partial charge in [-0.15, -0.1) is 11.6 Å². The molecular weight excluding hydrogens is 396 g/mol. The first-order chi connectivity index (χ1) is 14.7. The van der Waals surface area contributed by atoms with Crippen molar-refractivity contribution in [1.29, 1.82) is 0 Å². The Kier molecular flexibility index (Phi) is 6.29. The maximum Gasteiger partial charge on any atom is 0.122 e. The van der Waals surface area contributed by atoms with E-state index >= 15 is 0 Å². The third-order valence-electron chi connectivity index (χ3n) is 5.34. The van der Waals surface area contributed by atoms with Gasteiger partial charge in [0.05, 0.1) is 12.5 Å². The molecule has 4 heteroatoms. The lowest BCUT2D eigenvalue weighted by Gasteiger charge is -2.17. The molecule has 3 aromatic rings. The van der Waals surface area contributed by atoms with Crippen molar-refractivity contribution in [1.82, 2.24) is 0 Å². The molecule has 3 aromatic carbocycles. The number of alkyl halides is 1. The van der Waals surface area contributed by atoms with E-state index in [2.05, 4.69) is 37.3 Å². The van der Waals surface area contributed by atoms with Gasteiger partial charge in [0.2, 0.25) is 0 Å². The average Bonchev–Trinajstić information content (AvgIpc) is 3.25. The number of aromatic hydroxyl groups is 1. The highest BCUT2D eigenvalue weighted by molar-refractivity contribution is 6.18. The fourth-order valence-electron chi connectivity index (χ4n) is 3.92. The third-order valence-corrected chi connectivity index (χ3v) is 5.49. The Morgan fingerprint density at radius 1 is 0.967 bits per heavy atom. The van der Waals surface area contributed by atoms with E-state index in [1.807, 2.05) is 24.3 Å². The Bertz CT molecular complexity index is 1040. The second-order valence-corrected chi connectivity index (χ2v) is 7.61. The summed E-state index contributed by atoms with van der Waals surface area (Å²) in [5.41, 5.74) is 7.04. The molecule has 4 rings (SSSR count). The molecule has 1 aliphatic rings. The van der Waals surface area contributed by atoms with Gasteiger partial charge in [0.25, 0.3) is 0 Å². The predicted molar refractivity (Wildman–Crippen MR) is 123 cm³/mol. The van der Waals surface area contributed by atoms with Crippen molar-refractivity contribution in [2.45, 2.75) is 19.8 Å². The van der Waals surface area contributed by atoms with Crippen LogP contribution in [0.25, 0.3) is 11.1 Å². The standard InChI is InChI=1S/C26H25ClO3/c1-2-24(20-7-12-25-21(17-20)13-15-30-25)26(18-3-8-22(28)9-4-18)19-5-10-23(11-6-19)29-16-14-27/h3-12,17,28H,2,13-16H2,1H3/b26-24-. The monoisotopic (exact) mass is 420 g/mol. The maximum absolute atomic E-state index is 9.79. The molecule has 3 nitrogen and oxygen atoms in total. The van der Waals surface area contributed by atoms with Gasteiger partial charge >= 0.3 is 0 Å². The van der Waals surface area contributed by atoms with E-state index in [1.165, 1.54) is 16.7 Å². The summed E-state index contributed by atoms with van der Waals surface area (Å²) in [6, 6.07) is 22.0. The number of hydrogen-bond acceptors (Lipinski definition) is 3. The smallest absolute Gasteiger partial charge is 0.122 e. The number of allylic oxidation sites excluding steroid dienone is 1. The van der Waals surface area contributed by atoms with Crippen molar-refractivity contribution in [2.75, 3.05) is 19.1 Å². The number of hydrogen-bond donors (Lipinski definition) is 1. The van der Waals surface area contributed by atoms with Crippen LogP contribution in [-0.4, -0.2) is 24.2 Å². The van der Waals surface area contributed by atoms with Crippen molar-refractivity contribution < 1.29 is 14.6 Å². The van der Waals surface area contributed by atoms with Crippen LogP contribution in [0, 0.1) is 0 Å². The molecule has 0 atom stereocenters. The summed E-state index contributed by atoms with van der Waals surface area (Å²) < 4.78 is 11.3. The summed E-state index contributed by atoms with van der Waals surface area (Å²) in [6.45, 7) is 3.41. The molecule has 1 aliphatic heterocycles. The van der Waals surface area contributed by atoms with Gasteiger partial charge in [0.1, 0.15) is 23.9 Å². The molecule has 0 fully saturated rings. The maximum atomic E-state index is 9.79. The molecule has 0 amide bonds. The van der Waals surface area contributed by atoms with E-state index in [9.17, 15) is 5.11 Å². The zero-order valence-electron chi connectivity index (χ0n) is 17.0. The van der Waals surface area contributed by atoms with Crippen LogP contribution in [0.5, 0.6) is 17.2 Å². The zero-order chi connectivity index (χ0) is 20.9. The molecule has 0 saturated carbocycles. The molecule has 0 spiro atoms. The number of halogens is 1. The quantitative estimate of drug-likeness (QED) is 0.359. The summed E-state index contributed by atoms with van der Waals surface area (Å²) in [5, 5.41) is 9.79. The average molecular weight is 421 g/mol. The van der Waals surface area contributed by atoms with Gasteiger partial charge in [-0.05, 0) is 76.2 Å². The zero-order valence-corrected chi connectivity index (χ0v) is 17.8. The number of ether oxygens (including phenoxy) is 2. The van der Waals surface area contributed by atoms with Crippen LogP contribution in [0.4, 0.5) is 0 Å². The topological polar surface area (TPSA) is 38.7 Å². The molecule has 0 bridgehead atoms. The van der Waals surface area contributed by atoms with E-state index in [0.29, 0.717) is 12.5 Å². The van der Waals surface area contributed by atoms with Crippen molar-refractivity contribution >= 4 is 22.7 Å². The SMILES string of the molecule is CC/C(=C(\c1ccc(O)cc1)c1ccc(OCCCl)cc1)c1ccc2c(c1)CCO2. The van der Waals surface area contributed by atoms with Gasteiger partial charge < -0.3 is 14.6 Å². The minimum absolute atomic E-state index is 0.260. The lowest BCUT2D eigenvalue weighted by atomic mass is 9.87. The van der Waals surface area contributed by atoms with E-state index in [-0.39, 0.29) is 5.75 Å². The van der Waals surface area contributed by atoms with Gasteiger partial charge in [-0.3, -0.25) is 0 Å². The number of rotatable bonds is 7. The van der Waals surface area contributed by atoms with E-state index in [0.717, 1.165) is 47.6 Å². The molecule has 0 radical (unpaired) electrons. The number of phenolic OH excluding ortho intramolecular Hbond substituents is 1. The van der Waals surface area contributed by atoms with Crippen LogP contribution in [0.15, 0.2) is 66.7 Å². The van der Waals surface area contributed by atoms with E-state index in [4.69, 9.17) is 21.1 Å². The molecule has 30 heavy (non-hydrogen) atoms. The first-order valence-corrected chi connectivity index (χ1v) is 10.8. The van der Waals surface area contributed by atoms with Crippen LogP contribution in [0.3, 0.4) is 0 Å². The minimum atomic E-state index is 0.260. The fraction of sp³-hybridized carbons (Fsp3) is 0.231. The van der Waals surface area contributed by atoms with Crippen LogP contribution in [-0.2, 0) is 6.42 Å². The van der Waals surface area contributed by atoms with Gasteiger partial charge in [0.15, 0.2) is 0 Å². The molecule has 1 heterocycles. The van der Waals surface area contributed by atoms with Crippen LogP contribution < -0.4 is 9.47 Å². The predicted octanol–water partition coefficient (Wildman–Crippen LogP) is 6.31. The van der Waals surface area contributed by atoms with Crippen LogP contribution in [0.2, 0.25) is 0 Å². The van der Waals surface area contributed by atoms with Crippen LogP contribution in [0.1, 0.15) is 35.6 Å². The largest absolute Gasteiger partial charge is 0.508 e. The Morgan fingerprint density at radius 2 is 1.63 bits per heavy atom. The van der Waals surface area contributed by atoms with Crippen LogP contribution >= 0.6 is 11.6 Å². The van der Waals surface area contributed by atoms with Crippen molar-refractivity contribution in [3.63, 3.8) is 0 Å². The molecular formula is C26H25ClO3. The second kappa shape index (κ2) is 9.27. The Morgan fingerprint density at radius 3 is 2.30 bits per heavy atom. The summed E-state index contributed by atoms with van der Waals surface area (Å²) in [4.78, 5) is 0. The van der Waals surface area contributed by atoms with E-state index < -0.39 is 0 Å². The Hall–Kier alpha value is -2.91. The van der Waals surface area contributed by atoms with Gasteiger partial charge in [0, 0.05) is 6.42 Å². The summed E-state index contributed by atoms with van der Waals surface area (Å²) in [7, 11) is 0. The normalized spacial score (nSPS) is 13.4. The molecule has 0 aromatic heterocycles. The van der Waals surface area contributed by atoms with Crippen molar-refractivity contribution in [3.8, 4) is 17.2 Å². The van der Waals surface area contributed by atoms with Crippen molar-refractivity contribution in [3.05, 3.63) is 89.0 Å². The highest BCUT2D eigenvalue weighted by Crippen LogP contribution is 2.37. The minimum Gasteiger partial charge on any atom is -0.508 e. The fourth-order valence-corrected chi connectivity index (χ4v) is 3.99. The first kappa shape index (κ1) is 20.4. The number of phenols is 1. The number of benzene rings is 3. The summed E-state index contributed by atoms with van der Waals surface area (Å²) >= 11 is 5.73. The molecule has 1 N–H and O–H groups in total. The van der Waals surface area contributed by atoms with E-state index in [1.54, 1.807) is 12.1 Å². The lowest BCUT2D eigenvalue weighted by molar-refractivity contribution is 0.343. The molecule has 0 saturated heterocycles. The van der Waals surface area contributed by atoms with Gasteiger partial charge in [-0.25, -0.2) is 0 Å². The highest BCUT2D eigenvalue weighted by atomic mass is 35.5. The van der Waals surface area contributed by atoms with Crippen molar-refractivity contribution in [2.24, 2.45) is 0 Å². The summed E-state index contributed by atoms with van der Waals surface area (Å²) in [6.07, 6.45) is 1.82. The number of fused-ring (bicyclic) bond motifs is 1. The Balaban J connectivity index is 1.84. The highest BCUT2D eigenvalue weighted by Gasteiger charge is 2.17. The lowest BCUT2D eigenvalue weighted by Crippen LogP contribution is -1.99. The molecule has 0 aliphatic carbocycles. The second-order valence-electron chi connectivity index (χ2n) is 7.24. The van der Waals surface area contributed by atoms with Gasteiger partial charge in [-0.1, -0.05) is 37.3 Å². The third kappa shape index (κ3) is 4.31. The Labute approximate surface area is 182 Å².